The van der Waals surface area contributed by atoms with Crippen LogP contribution < -0.4 is 0 Å². The molecule has 16 heavy (non-hydrogen) atoms. The van der Waals surface area contributed by atoms with Crippen molar-refractivity contribution in [1.29, 1.82) is 0 Å². The molecule has 0 aromatic heterocycles. The average Bonchev–Trinajstić information content (AvgIpc) is 2.54. The first-order chi connectivity index (χ1) is 7.68. The summed E-state index contributed by atoms with van der Waals surface area (Å²) < 4.78 is 0. The molecule has 1 saturated carbocycles. The van der Waals surface area contributed by atoms with E-state index in [-0.39, 0.29) is 6.04 Å². The van der Waals surface area contributed by atoms with Gasteiger partial charge < -0.3 is 5.11 Å². The van der Waals surface area contributed by atoms with Crippen LogP contribution in [0.2, 0.25) is 0 Å². The van der Waals surface area contributed by atoms with Crippen LogP contribution in [0.1, 0.15) is 51.9 Å². The molecule has 92 valence electrons. The van der Waals surface area contributed by atoms with Gasteiger partial charge in [0.2, 0.25) is 0 Å². The van der Waals surface area contributed by atoms with Crippen LogP contribution in [-0.4, -0.2) is 34.6 Å². The lowest BCUT2D eigenvalue weighted by atomic mass is 10.1. The molecule has 2 rings (SSSR count). The third-order valence-corrected chi connectivity index (χ3v) is 4.22. The van der Waals surface area contributed by atoms with Crippen molar-refractivity contribution in [3.63, 3.8) is 0 Å². The van der Waals surface area contributed by atoms with Crippen LogP contribution in [0.5, 0.6) is 0 Å². The van der Waals surface area contributed by atoms with Crippen LogP contribution in [-0.2, 0) is 4.79 Å². The van der Waals surface area contributed by atoms with Crippen molar-refractivity contribution in [2.24, 2.45) is 5.92 Å². The largest absolute Gasteiger partial charge is 0.480 e. The summed E-state index contributed by atoms with van der Waals surface area (Å²) in [6.45, 7) is 3.28. The Morgan fingerprint density at radius 2 is 2.00 bits per heavy atom. The van der Waals surface area contributed by atoms with E-state index in [9.17, 15) is 9.90 Å². The first-order valence-electron chi connectivity index (χ1n) is 6.67. The second-order valence-corrected chi connectivity index (χ2v) is 5.51. The highest BCUT2D eigenvalue weighted by molar-refractivity contribution is 5.73. The third-order valence-electron chi connectivity index (χ3n) is 4.22. The quantitative estimate of drug-likeness (QED) is 0.785. The van der Waals surface area contributed by atoms with Crippen molar-refractivity contribution in [3.8, 4) is 0 Å². The maximum absolute atomic E-state index is 11.3. The zero-order valence-corrected chi connectivity index (χ0v) is 10.2. The van der Waals surface area contributed by atoms with Crippen LogP contribution in [0, 0.1) is 5.92 Å². The zero-order valence-electron chi connectivity index (χ0n) is 10.2. The summed E-state index contributed by atoms with van der Waals surface area (Å²) in [6, 6.07) is 0.326. The van der Waals surface area contributed by atoms with Gasteiger partial charge in [0.1, 0.15) is 6.04 Å². The molecule has 0 aromatic carbocycles. The van der Waals surface area contributed by atoms with E-state index >= 15 is 0 Å². The molecular weight excluding hydrogens is 202 g/mol. The molecule has 0 spiro atoms. The molecule has 1 N–H and O–H groups in total. The van der Waals surface area contributed by atoms with Gasteiger partial charge in [0.05, 0.1) is 0 Å². The Kier molecular flexibility index (Phi) is 3.85. The van der Waals surface area contributed by atoms with Gasteiger partial charge in [-0.25, -0.2) is 0 Å². The first-order valence-corrected chi connectivity index (χ1v) is 6.67. The topological polar surface area (TPSA) is 40.5 Å². The van der Waals surface area contributed by atoms with Gasteiger partial charge in [-0.1, -0.05) is 19.8 Å². The zero-order chi connectivity index (χ0) is 11.5. The van der Waals surface area contributed by atoms with E-state index in [1.165, 1.54) is 32.1 Å². The Hall–Kier alpha value is -0.570. The SMILES string of the molecule is CC1CCC(N2CCCCCC2C(=O)O)C1. The number of hydrogen-bond donors (Lipinski definition) is 1. The van der Waals surface area contributed by atoms with Crippen molar-refractivity contribution in [3.05, 3.63) is 0 Å². The minimum atomic E-state index is -0.610. The number of carboxylic acids is 1. The number of likely N-dealkylation sites (tertiary alicyclic amines) is 1. The molecule has 1 aliphatic heterocycles. The minimum Gasteiger partial charge on any atom is -0.480 e. The van der Waals surface area contributed by atoms with Crippen molar-refractivity contribution in [2.45, 2.75) is 64.0 Å². The van der Waals surface area contributed by atoms with Gasteiger partial charge in [0.15, 0.2) is 0 Å². The van der Waals surface area contributed by atoms with Crippen molar-refractivity contribution in [2.75, 3.05) is 6.54 Å². The Balaban J connectivity index is 2.05. The van der Waals surface area contributed by atoms with Gasteiger partial charge in [0, 0.05) is 6.04 Å². The van der Waals surface area contributed by atoms with Gasteiger partial charge in [-0.3, -0.25) is 9.69 Å². The number of carbonyl (C=O) groups is 1. The smallest absolute Gasteiger partial charge is 0.320 e. The number of nitrogens with zero attached hydrogens (tertiary/aromatic N) is 1. The molecule has 1 saturated heterocycles. The molecule has 3 unspecified atom stereocenters. The van der Waals surface area contributed by atoms with Crippen LogP contribution in [0.4, 0.5) is 0 Å². The highest BCUT2D eigenvalue weighted by atomic mass is 16.4. The van der Waals surface area contributed by atoms with Gasteiger partial charge in [-0.05, 0) is 44.6 Å². The summed E-state index contributed by atoms with van der Waals surface area (Å²) in [7, 11) is 0. The third kappa shape index (κ3) is 2.57. The number of hydrogen-bond acceptors (Lipinski definition) is 2. The molecule has 0 bridgehead atoms. The van der Waals surface area contributed by atoms with Gasteiger partial charge in [0.25, 0.3) is 0 Å². The highest BCUT2D eigenvalue weighted by Gasteiger charge is 2.35. The molecular formula is C13H23NO2. The maximum Gasteiger partial charge on any atom is 0.320 e. The summed E-state index contributed by atoms with van der Waals surface area (Å²) in [5.74, 6) is 0.171. The first kappa shape index (κ1) is 11.9. The predicted molar refractivity (Wildman–Crippen MR) is 63.4 cm³/mol. The molecule has 2 aliphatic rings. The predicted octanol–water partition coefficient (Wildman–Crippen LogP) is 2.50. The van der Waals surface area contributed by atoms with E-state index in [4.69, 9.17) is 0 Å². The monoisotopic (exact) mass is 225 g/mol. The van der Waals surface area contributed by atoms with Gasteiger partial charge >= 0.3 is 5.97 Å². The van der Waals surface area contributed by atoms with E-state index in [0.717, 1.165) is 25.3 Å². The summed E-state index contributed by atoms with van der Waals surface area (Å²) in [5, 5.41) is 9.32. The summed E-state index contributed by atoms with van der Waals surface area (Å²) in [4.78, 5) is 13.6. The number of carboxylic acid groups (broad SMARTS) is 1. The van der Waals surface area contributed by atoms with E-state index in [1.807, 2.05) is 0 Å². The average molecular weight is 225 g/mol. The number of rotatable bonds is 2. The van der Waals surface area contributed by atoms with Crippen LogP contribution in [0.3, 0.4) is 0 Å². The minimum absolute atomic E-state index is 0.210. The molecule has 0 radical (unpaired) electrons. The molecule has 3 nitrogen and oxygen atoms in total. The lowest BCUT2D eigenvalue weighted by molar-refractivity contribution is -0.144. The Morgan fingerprint density at radius 3 is 2.62 bits per heavy atom. The second-order valence-electron chi connectivity index (χ2n) is 5.51. The molecule has 3 atom stereocenters. The lowest BCUT2D eigenvalue weighted by Crippen LogP contribution is -2.46. The van der Waals surface area contributed by atoms with Gasteiger partial charge in [-0.15, -0.1) is 0 Å². The maximum atomic E-state index is 11.3. The fourth-order valence-electron chi connectivity index (χ4n) is 3.31. The van der Waals surface area contributed by atoms with Crippen LogP contribution >= 0.6 is 0 Å². The fraction of sp³-hybridized carbons (Fsp3) is 0.923. The standard InChI is InChI=1S/C13H23NO2/c1-10-6-7-11(9-10)14-8-4-2-3-5-12(14)13(15)16/h10-12H,2-9H2,1H3,(H,15,16). The Bertz CT molecular complexity index is 254. The molecule has 0 aromatic rings. The number of aliphatic carboxylic acids is 1. The van der Waals surface area contributed by atoms with E-state index < -0.39 is 5.97 Å². The summed E-state index contributed by atoms with van der Waals surface area (Å²) >= 11 is 0. The molecule has 1 aliphatic carbocycles. The van der Waals surface area contributed by atoms with Gasteiger partial charge in [-0.2, -0.15) is 0 Å². The van der Waals surface area contributed by atoms with Crippen LogP contribution in [0.15, 0.2) is 0 Å². The summed E-state index contributed by atoms with van der Waals surface area (Å²) in [5.41, 5.74) is 0. The van der Waals surface area contributed by atoms with E-state index in [0.29, 0.717) is 6.04 Å². The van der Waals surface area contributed by atoms with E-state index in [2.05, 4.69) is 11.8 Å². The fourth-order valence-corrected chi connectivity index (χ4v) is 3.31. The highest BCUT2D eigenvalue weighted by Crippen LogP contribution is 2.32. The molecule has 1 heterocycles. The Labute approximate surface area is 97.8 Å². The van der Waals surface area contributed by atoms with E-state index in [1.54, 1.807) is 0 Å². The Morgan fingerprint density at radius 1 is 1.19 bits per heavy atom. The van der Waals surface area contributed by atoms with Crippen molar-refractivity contribution < 1.29 is 9.90 Å². The normalized spacial score (nSPS) is 37.2. The molecule has 2 fully saturated rings. The summed E-state index contributed by atoms with van der Waals surface area (Å²) in [6.07, 6.45) is 7.97. The van der Waals surface area contributed by atoms with Crippen molar-refractivity contribution >= 4 is 5.97 Å². The molecule has 3 heteroatoms. The van der Waals surface area contributed by atoms with Crippen molar-refractivity contribution in [1.82, 2.24) is 4.90 Å². The second kappa shape index (κ2) is 5.17. The van der Waals surface area contributed by atoms with Crippen LogP contribution in [0.25, 0.3) is 0 Å². The lowest BCUT2D eigenvalue weighted by Gasteiger charge is -2.32. The molecule has 0 amide bonds.